The van der Waals surface area contributed by atoms with Gasteiger partial charge in [0.05, 0.1) is 12.3 Å². The Bertz CT molecular complexity index is 527. The average molecular weight is 242 g/mol. The van der Waals surface area contributed by atoms with Crippen LogP contribution in [0.25, 0.3) is 0 Å². The number of hydrogen-bond acceptors (Lipinski definition) is 4. The maximum absolute atomic E-state index is 10.5. The predicted molar refractivity (Wildman–Crippen MR) is 72.8 cm³/mol. The number of hydrogen-bond donors (Lipinski definition) is 1. The van der Waals surface area contributed by atoms with Gasteiger partial charge in [-0.2, -0.15) is 0 Å². The molecule has 2 aromatic rings. The molecule has 0 atom stereocenters. The summed E-state index contributed by atoms with van der Waals surface area (Å²) in [7, 11) is 0. The normalized spacial score (nSPS) is 9.83. The van der Waals surface area contributed by atoms with Gasteiger partial charge in [-0.3, -0.25) is 0 Å². The molecule has 0 unspecified atom stereocenters. The van der Waals surface area contributed by atoms with E-state index in [9.17, 15) is 4.91 Å². The van der Waals surface area contributed by atoms with Crippen molar-refractivity contribution >= 4 is 17.1 Å². The molecule has 0 spiro atoms. The van der Waals surface area contributed by atoms with Gasteiger partial charge in [-0.25, -0.2) is 0 Å². The lowest BCUT2D eigenvalue weighted by atomic mass is 10.2. The lowest BCUT2D eigenvalue weighted by Gasteiger charge is -2.12. The standard InChI is InChI=1S/C14H14N2O2/c1-2-18-14-10-12(16-17)8-9-13(14)15-11-6-4-3-5-7-11/h3-10,15H,2H2,1H3. The number of anilines is 2. The maximum atomic E-state index is 10.5. The summed E-state index contributed by atoms with van der Waals surface area (Å²) in [5, 5.41) is 6.14. The second-order valence-corrected chi connectivity index (χ2v) is 3.70. The number of para-hydroxylation sites is 1. The van der Waals surface area contributed by atoms with Gasteiger partial charge in [-0.1, -0.05) is 18.2 Å². The van der Waals surface area contributed by atoms with E-state index in [1.807, 2.05) is 37.3 Å². The van der Waals surface area contributed by atoms with E-state index in [2.05, 4.69) is 10.5 Å². The smallest absolute Gasteiger partial charge is 0.144 e. The Hall–Kier alpha value is -2.36. The van der Waals surface area contributed by atoms with Crippen molar-refractivity contribution in [2.75, 3.05) is 11.9 Å². The fourth-order valence-electron chi connectivity index (χ4n) is 1.62. The highest BCUT2D eigenvalue weighted by molar-refractivity contribution is 5.69. The summed E-state index contributed by atoms with van der Waals surface area (Å²) < 4.78 is 5.49. The molecule has 0 bridgehead atoms. The van der Waals surface area contributed by atoms with E-state index in [1.54, 1.807) is 18.2 Å². The molecule has 0 aliphatic heterocycles. The van der Waals surface area contributed by atoms with Crippen molar-refractivity contribution in [3.8, 4) is 5.75 Å². The maximum Gasteiger partial charge on any atom is 0.144 e. The molecule has 4 heteroatoms. The second kappa shape index (κ2) is 5.82. The highest BCUT2D eigenvalue weighted by atomic mass is 16.5. The molecule has 1 N–H and O–H groups in total. The van der Waals surface area contributed by atoms with E-state index in [0.29, 0.717) is 18.0 Å². The van der Waals surface area contributed by atoms with Gasteiger partial charge in [-0.15, -0.1) is 4.91 Å². The number of rotatable bonds is 5. The number of benzene rings is 2. The molecule has 0 saturated carbocycles. The van der Waals surface area contributed by atoms with Crippen LogP contribution in [-0.4, -0.2) is 6.61 Å². The van der Waals surface area contributed by atoms with Gasteiger partial charge in [0.25, 0.3) is 0 Å². The lowest BCUT2D eigenvalue weighted by molar-refractivity contribution is 0.342. The van der Waals surface area contributed by atoms with Crippen molar-refractivity contribution in [1.29, 1.82) is 0 Å². The van der Waals surface area contributed by atoms with Gasteiger partial charge >= 0.3 is 0 Å². The first-order valence-corrected chi connectivity index (χ1v) is 5.75. The molecule has 2 aromatic carbocycles. The largest absolute Gasteiger partial charge is 0.492 e. The van der Waals surface area contributed by atoms with Crippen LogP contribution in [0, 0.1) is 4.91 Å². The molecule has 0 aliphatic rings. The summed E-state index contributed by atoms with van der Waals surface area (Å²) in [6.07, 6.45) is 0. The monoisotopic (exact) mass is 242 g/mol. The first-order chi connectivity index (χ1) is 8.83. The van der Waals surface area contributed by atoms with Crippen molar-refractivity contribution in [1.82, 2.24) is 0 Å². The lowest BCUT2D eigenvalue weighted by Crippen LogP contribution is -1.97. The van der Waals surface area contributed by atoms with Gasteiger partial charge in [0.1, 0.15) is 11.4 Å². The Balaban J connectivity index is 2.29. The van der Waals surface area contributed by atoms with Crippen LogP contribution >= 0.6 is 0 Å². The minimum Gasteiger partial charge on any atom is -0.492 e. The summed E-state index contributed by atoms with van der Waals surface area (Å²) in [6, 6.07) is 14.8. The molecule has 2 rings (SSSR count). The van der Waals surface area contributed by atoms with Crippen molar-refractivity contribution in [3.63, 3.8) is 0 Å². The van der Waals surface area contributed by atoms with E-state index in [-0.39, 0.29) is 0 Å². The Morgan fingerprint density at radius 1 is 1.17 bits per heavy atom. The Labute approximate surface area is 106 Å². The Kier molecular flexibility index (Phi) is 3.91. The molecule has 0 aromatic heterocycles. The summed E-state index contributed by atoms with van der Waals surface area (Å²) in [5.41, 5.74) is 2.14. The molecule has 0 heterocycles. The van der Waals surface area contributed by atoms with Crippen LogP contribution in [0.3, 0.4) is 0 Å². The van der Waals surface area contributed by atoms with Crippen LogP contribution in [-0.2, 0) is 0 Å². The van der Waals surface area contributed by atoms with Crippen LogP contribution in [0.15, 0.2) is 53.7 Å². The summed E-state index contributed by atoms with van der Waals surface area (Å²) in [5.74, 6) is 0.624. The zero-order valence-corrected chi connectivity index (χ0v) is 10.1. The molecule has 0 amide bonds. The fraction of sp³-hybridized carbons (Fsp3) is 0.143. The van der Waals surface area contributed by atoms with Crippen molar-refractivity contribution in [2.24, 2.45) is 5.18 Å². The minimum absolute atomic E-state index is 0.358. The van der Waals surface area contributed by atoms with E-state index in [0.717, 1.165) is 11.4 Å². The zero-order chi connectivity index (χ0) is 12.8. The van der Waals surface area contributed by atoms with E-state index in [1.165, 1.54) is 0 Å². The summed E-state index contributed by atoms with van der Waals surface area (Å²) in [4.78, 5) is 10.5. The van der Waals surface area contributed by atoms with Gasteiger partial charge in [0.2, 0.25) is 0 Å². The van der Waals surface area contributed by atoms with Crippen LogP contribution in [0.4, 0.5) is 17.1 Å². The number of nitrogens with one attached hydrogen (secondary N) is 1. The van der Waals surface area contributed by atoms with Crippen molar-refractivity contribution in [3.05, 3.63) is 53.4 Å². The molecule has 92 valence electrons. The summed E-state index contributed by atoms with van der Waals surface area (Å²) >= 11 is 0. The highest BCUT2D eigenvalue weighted by Gasteiger charge is 2.05. The van der Waals surface area contributed by atoms with Crippen LogP contribution < -0.4 is 10.1 Å². The van der Waals surface area contributed by atoms with Crippen LogP contribution in [0.5, 0.6) is 5.75 Å². The van der Waals surface area contributed by atoms with E-state index in [4.69, 9.17) is 4.74 Å². The Morgan fingerprint density at radius 2 is 1.94 bits per heavy atom. The Morgan fingerprint density at radius 3 is 2.61 bits per heavy atom. The van der Waals surface area contributed by atoms with Gasteiger partial charge < -0.3 is 10.1 Å². The third-order valence-electron chi connectivity index (χ3n) is 2.42. The minimum atomic E-state index is 0.358. The topological polar surface area (TPSA) is 50.7 Å². The zero-order valence-electron chi connectivity index (χ0n) is 10.1. The molecular formula is C14H14N2O2. The highest BCUT2D eigenvalue weighted by Crippen LogP contribution is 2.31. The van der Waals surface area contributed by atoms with Gasteiger partial charge in [-0.05, 0) is 36.4 Å². The predicted octanol–water partition coefficient (Wildman–Crippen LogP) is 4.23. The second-order valence-electron chi connectivity index (χ2n) is 3.70. The molecule has 0 fully saturated rings. The average Bonchev–Trinajstić information content (AvgIpc) is 2.42. The summed E-state index contributed by atoms with van der Waals surface area (Å²) in [6.45, 7) is 2.43. The molecule has 0 saturated heterocycles. The third-order valence-corrected chi connectivity index (χ3v) is 2.42. The fourth-order valence-corrected chi connectivity index (χ4v) is 1.62. The number of nitrogens with zero attached hydrogens (tertiary/aromatic N) is 1. The van der Waals surface area contributed by atoms with Crippen molar-refractivity contribution < 1.29 is 4.74 Å². The van der Waals surface area contributed by atoms with Crippen LogP contribution in [0.2, 0.25) is 0 Å². The molecule has 0 radical (unpaired) electrons. The van der Waals surface area contributed by atoms with Crippen LogP contribution in [0.1, 0.15) is 6.92 Å². The van der Waals surface area contributed by atoms with Crippen molar-refractivity contribution in [2.45, 2.75) is 6.92 Å². The number of nitroso groups, excluding NO2 is 1. The van der Waals surface area contributed by atoms with E-state index >= 15 is 0 Å². The first-order valence-electron chi connectivity index (χ1n) is 5.75. The third kappa shape index (κ3) is 2.85. The van der Waals surface area contributed by atoms with Gasteiger partial charge in [0, 0.05) is 11.8 Å². The SMILES string of the molecule is CCOc1cc(N=O)ccc1Nc1ccccc1. The number of ether oxygens (including phenoxy) is 1. The molecule has 18 heavy (non-hydrogen) atoms. The van der Waals surface area contributed by atoms with Gasteiger partial charge in [0.15, 0.2) is 0 Å². The molecule has 0 aliphatic carbocycles. The quantitative estimate of drug-likeness (QED) is 0.798. The first kappa shape index (κ1) is 12.1. The molecule has 4 nitrogen and oxygen atoms in total. The van der Waals surface area contributed by atoms with E-state index < -0.39 is 0 Å². The molecular weight excluding hydrogens is 228 g/mol.